The number of imide groups is 1. The molecular formula is C42H45N3O16S. The van der Waals surface area contributed by atoms with E-state index in [1.807, 2.05) is 0 Å². The molecule has 0 bridgehead atoms. The molecule has 1 unspecified atom stereocenters. The van der Waals surface area contributed by atoms with Crippen LogP contribution >= 0.6 is 11.8 Å². The van der Waals surface area contributed by atoms with Crippen molar-refractivity contribution in [3.05, 3.63) is 63.7 Å². The quantitative estimate of drug-likeness (QED) is 0.0787. The van der Waals surface area contributed by atoms with Crippen molar-refractivity contribution in [2.75, 3.05) is 46.2 Å². The minimum Gasteiger partial charge on any atom is -0.507 e. The first kappa shape index (κ1) is 43.6. The van der Waals surface area contributed by atoms with Crippen molar-refractivity contribution in [1.82, 2.24) is 15.1 Å². The number of aliphatic hydroxyl groups is 1. The summed E-state index contributed by atoms with van der Waals surface area (Å²) in [7, 11) is 2.84. The number of aldehydes is 1. The van der Waals surface area contributed by atoms with Crippen LogP contribution in [0, 0.1) is 0 Å². The molecule has 4 saturated heterocycles. The Kier molecular flexibility index (Phi) is 12.1. The predicted octanol–water partition coefficient (Wildman–Crippen LogP) is 0.451. The molecule has 3 amide bonds. The lowest BCUT2D eigenvalue weighted by Crippen LogP contribution is -2.55. The summed E-state index contributed by atoms with van der Waals surface area (Å²) < 4.78 is 35.8. The summed E-state index contributed by atoms with van der Waals surface area (Å²) in [4.78, 5) is 93.8. The summed E-state index contributed by atoms with van der Waals surface area (Å²) in [6.07, 6.45) is -3.26. The molecule has 2 aromatic rings. The number of likely N-dealkylation sites (tertiary alicyclic amines) is 1. The van der Waals surface area contributed by atoms with Crippen molar-refractivity contribution in [1.29, 1.82) is 0 Å². The number of allylic oxidation sites excluding steroid dienone is 1. The van der Waals surface area contributed by atoms with Crippen molar-refractivity contribution in [3.8, 4) is 17.2 Å². The van der Waals surface area contributed by atoms with E-state index >= 15 is 0 Å². The molecule has 4 N–H and O–H groups in total. The number of ether oxygens (including phenoxy) is 6. The Morgan fingerprint density at radius 2 is 1.84 bits per heavy atom. The van der Waals surface area contributed by atoms with Crippen LogP contribution in [0.2, 0.25) is 0 Å². The molecule has 19 nitrogen and oxygen atoms in total. The summed E-state index contributed by atoms with van der Waals surface area (Å²) in [5, 5.41) is 37.8. The first-order chi connectivity index (χ1) is 29.7. The third-order valence-corrected chi connectivity index (χ3v) is 13.5. The predicted molar refractivity (Wildman–Crippen MR) is 212 cm³/mol. The van der Waals surface area contributed by atoms with E-state index < -0.39 is 124 Å². The molecule has 20 heteroatoms. The molecule has 62 heavy (non-hydrogen) atoms. The van der Waals surface area contributed by atoms with Crippen LogP contribution in [0.3, 0.4) is 0 Å². The highest BCUT2D eigenvalue weighted by Gasteiger charge is 2.55. The van der Waals surface area contributed by atoms with E-state index in [4.69, 9.17) is 28.4 Å². The number of fused-ring (bicyclic) bond motifs is 6. The lowest BCUT2D eigenvalue weighted by Gasteiger charge is -2.43. The maximum absolute atomic E-state index is 14.2. The molecule has 9 atom stereocenters. The molecule has 0 aromatic heterocycles. The van der Waals surface area contributed by atoms with Gasteiger partial charge in [-0.3, -0.25) is 43.4 Å². The van der Waals surface area contributed by atoms with Gasteiger partial charge in [0.05, 0.1) is 53.6 Å². The maximum atomic E-state index is 14.2. The van der Waals surface area contributed by atoms with Crippen LogP contribution in [0.1, 0.15) is 75.3 Å². The summed E-state index contributed by atoms with van der Waals surface area (Å²) in [5.41, 5.74) is -3.83. The molecule has 4 aliphatic heterocycles. The zero-order chi connectivity index (χ0) is 44.2. The molecular weight excluding hydrogens is 835 g/mol. The van der Waals surface area contributed by atoms with Crippen molar-refractivity contribution in [2.45, 2.75) is 86.6 Å². The van der Waals surface area contributed by atoms with Crippen molar-refractivity contribution < 1.29 is 77.3 Å². The number of benzene rings is 2. The highest BCUT2D eigenvalue weighted by atomic mass is 32.2. The second-order valence-corrected chi connectivity index (χ2v) is 17.0. The molecule has 0 saturated carbocycles. The van der Waals surface area contributed by atoms with E-state index in [1.165, 1.54) is 32.4 Å². The maximum Gasteiger partial charge on any atom is 0.244 e. The smallest absolute Gasteiger partial charge is 0.244 e. The number of nitrogens with one attached hydrogen (secondary N) is 1. The lowest BCUT2D eigenvalue weighted by molar-refractivity contribution is -0.256. The largest absolute Gasteiger partial charge is 0.507 e. The van der Waals surface area contributed by atoms with Crippen LogP contribution in [0.4, 0.5) is 0 Å². The summed E-state index contributed by atoms with van der Waals surface area (Å²) >= 11 is 0.832. The van der Waals surface area contributed by atoms with Crippen LogP contribution in [0.25, 0.3) is 0 Å². The van der Waals surface area contributed by atoms with Gasteiger partial charge in [0.1, 0.15) is 35.2 Å². The van der Waals surface area contributed by atoms with Gasteiger partial charge in [0.2, 0.25) is 23.5 Å². The van der Waals surface area contributed by atoms with Gasteiger partial charge in [0.25, 0.3) is 0 Å². The van der Waals surface area contributed by atoms with Crippen LogP contribution in [-0.4, -0.2) is 161 Å². The Labute approximate surface area is 358 Å². The summed E-state index contributed by atoms with van der Waals surface area (Å²) in [5.74, 6) is -5.91. The van der Waals surface area contributed by atoms with Gasteiger partial charge in [0, 0.05) is 81.2 Å². The molecule has 4 fully saturated rings. The number of carbonyl (C=O) groups is 7. The van der Waals surface area contributed by atoms with Crippen molar-refractivity contribution >= 4 is 53.1 Å². The number of methoxy groups -OCH3 is 2. The first-order valence-corrected chi connectivity index (χ1v) is 21.1. The van der Waals surface area contributed by atoms with Gasteiger partial charge in [-0.25, -0.2) is 0 Å². The van der Waals surface area contributed by atoms with Crippen molar-refractivity contribution in [2.24, 2.45) is 0 Å². The van der Waals surface area contributed by atoms with Gasteiger partial charge < -0.3 is 49.1 Å². The van der Waals surface area contributed by atoms with Crippen molar-refractivity contribution in [3.63, 3.8) is 0 Å². The number of ketones is 3. The highest BCUT2D eigenvalue weighted by Crippen LogP contribution is 2.53. The normalized spacial score (nSPS) is 30.4. The van der Waals surface area contributed by atoms with Gasteiger partial charge in [0.15, 0.2) is 30.4 Å². The minimum atomic E-state index is -2.32. The number of morpholine rings is 1. The Bertz CT molecular complexity index is 2270. The molecule has 330 valence electrons. The van der Waals surface area contributed by atoms with Gasteiger partial charge in [-0.15, -0.1) is 11.8 Å². The average molecular weight is 880 g/mol. The zero-order valence-corrected chi connectivity index (χ0v) is 34.7. The Morgan fingerprint density at radius 1 is 1.06 bits per heavy atom. The molecule has 6 aliphatic rings. The molecule has 2 aliphatic carbocycles. The molecule has 4 heterocycles. The Hall–Kier alpha value is -5.06. The third-order valence-electron chi connectivity index (χ3n) is 12.3. The van der Waals surface area contributed by atoms with Crippen LogP contribution in [0.5, 0.6) is 17.2 Å². The fraction of sp³-hybridized carbons (Fsp3) is 0.500. The molecule has 2 aromatic carbocycles. The standard InChI is InChI=1S/C42H45N3O16S/c1-19-38-22(44-11-13-58-41(57-3)40(44)61-38)14-29(59-19)60-24-17-42(55,26(47)18-62-25-15-28(49)45(39(25)54)10-9-43-27(48)8-5-12-46)16-21-31(24)37(53)33-32(35(21)51)34(50)20-6-4-7-23(56-2)30(20)36(33)52/h4-8,12,19,22,24-25,29,38,40-41,51,53,55H,9-11,13-18H2,1-3H3,(H,43,48)/b8-5-/t19-,22-,24-,25?,29-,38+,40+,41-,42-/m0/s1. The number of carbonyl (C=O) groups excluding carboxylic acids is 7. The SMILES string of the molecule is COc1cccc2c1C(=O)c1c(O)c3c(c(O)c1C2=O)C[C@@](O)(C(=O)CSC1CC(=O)N(CCNC(=O)/C=C\C=O)C1=O)C[C@@H]3O[C@H]1C[C@H]2[C@H](O[C@@H]3[C@@H](OC)OCCN32)[C@H](C)O1. The number of rotatable bonds is 13. The number of phenols is 2. The van der Waals surface area contributed by atoms with Gasteiger partial charge in [-0.1, -0.05) is 12.1 Å². The van der Waals surface area contributed by atoms with E-state index in [0.29, 0.717) is 19.4 Å². The number of thioether (sulfide) groups is 1. The number of amides is 3. The third kappa shape index (κ3) is 7.51. The van der Waals surface area contributed by atoms with Crippen LogP contribution < -0.4 is 10.1 Å². The molecule has 0 radical (unpaired) electrons. The topological polar surface area (TPSA) is 254 Å². The Balaban J connectivity index is 1.08. The van der Waals surface area contributed by atoms with E-state index in [-0.39, 0.29) is 60.0 Å². The molecule has 8 rings (SSSR count). The number of hydrogen-bond donors (Lipinski definition) is 4. The minimum absolute atomic E-state index is 0.0734. The number of hydrogen-bond acceptors (Lipinski definition) is 18. The zero-order valence-electron chi connectivity index (χ0n) is 33.9. The molecule has 0 spiro atoms. The fourth-order valence-electron chi connectivity index (χ4n) is 9.35. The van der Waals surface area contributed by atoms with E-state index in [2.05, 4.69) is 10.2 Å². The Morgan fingerprint density at radius 3 is 2.58 bits per heavy atom. The van der Waals surface area contributed by atoms with E-state index in [1.54, 1.807) is 6.92 Å². The monoisotopic (exact) mass is 879 g/mol. The second kappa shape index (κ2) is 17.2. The van der Waals surface area contributed by atoms with E-state index in [0.717, 1.165) is 28.8 Å². The van der Waals surface area contributed by atoms with Crippen LogP contribution in [0.15, 0.2) is 30.4 Å². The van der Waals surface area contributed by atoms with Gasteiger partial charge in [-0.2, -0.15) is 0 Å². The van der Waals surface area contributed by atoms with Gasteiger partial charge in [-0.05, 0) is 19.1 Å². The first-order valence-electron chi connectivity index (χ1n) is 20.1. The summed E-state index contributed by atoms with van der Waals surface area (Å²) in [6, 6.07) is 4.12. The fourth-order valence-corrected chi connectivity index (χ4v) is 10.5. The number of phenolic OH excluding ortho intramolecular Hbond substituents is 2. The second-order valence-electron chi connectivity index (χ2n) is 15.8. The highest BCUT2D eigenvalue weighted by molar-refractivity contribution is 8.01. The van der Waals surface area contributed by atoms with Gasteiger partial charge >= 0.3 is 0 Å². The number of aromatic hydroxyl groups is 2. The average Bonchev–Trinajstić information content (AvgIpc) is 3.77. The van der Waals surface area contributed by atoms with Crippen LogP contribution in [-0.2, 0) is 54.1 Å². The number of Topliss-reactive ketones (excluding diaryl/α,β-unsaturated/α-hetero) is 1. The summed E-state index contributed by atoms with van der Waals surface area (Å²) in [6.45, 7) is 2.47. The van der Waals surface area contributed by atoms with E-state index in [9.17, 15) is 48.9 Å². The number of nitrogens with zero attached hydrogens (tertiary/aromatic N) is 2. The lowest BCUT2D eigenvalue weighted by atomic mass is 9.72.